The molecule has 0 bridgehead atoms. The Morgan fingerprint density at radius 2 is 2.20 bits per heavy atom. The molecule has 0 saturated carbocycles. The van der Waals surface area contributed by atoms with Crippen LogP contribution in [0, 0.1) is 0 Å². The van der Waals surface area contributed by atoms with Crippen LogP contribution in [0.3, 0.4) is 0 Å². The van der Waals surface area contributed by atoms with E-state index in [1.165, 1.54) is 0 Å². The molecule has 0 aliphatic rings. The van der Waals surface area contributed by atoms with E-state index in [1.807, 2.05) is 0 Å². The van der Waals surface area contributed by atoms with Gasteiger partial charge >= 0.3 is 0 Å². The van der Waals surface area contributed by atoms with Crippen LogP contribution >= 0.6 is 11.8 Å². The fourth-order valence-electron chi connectivity index (χ4n) is 0.699. The number of thioether (sulfide) groups is 1. The summed E-state index contributed by atoms with van der Waals surface area (Å²) in [5.41, 5.74) is 4.69. The van der Waals surface area contributed by atoms with Crippen molar-refractivity contribution >= 4 is 11.8 Å². The number of nitrogens with two attached hydrogens (primary N) is 1. The van der Waals surface area contributed by atoms with Crippen molar-refractivity contribution in [3.05, 3.63) is 0 Å². The summed E-state index contributed by atoms with van der Waals surface area (Å²) in [7, 11) is 0. The maximum Gasteiger partial charge on any atom is 0.0741 e. The third-order valence-electron chi connectivity index (χ3n) is 1.50. The van der Waals surface area contributed by atoms with Crippen LogP contribution in [0.15, 0.2) is 0 Å². The summed E-state index contributed by atoms with van der Waals surface area (Å²) in [4.78, 5) is 0. The highest BCUT2D eigenvalue weighted by Crippen LogP contribution is 2.11. The number of aliphatic hydroxyl groups is 1. The molecule has 62 valence electrons. The molecule has 0 aromatic carbocycles. The summed E-state index contributed by atoms with van der Waals surface area (Å²) < 4.78 is 0. The van der Waals surface area contributed by atoms with E-state index in [1.54, 1.807) is 18.7 Å². The van der Waals surface area contributed by atoms with Crippen molar-refractivity contribution in [3.63, 3.8) is 0 Å². The molecule has 0 radical (unpaired) electrons. The fourth-order valence-corrected chi connectivity index (χ4v) is 1.13. The molecule has 0 spiro atoms. The lowest BCUT2D eigenvalue weighted by Gasteiger charge is -2.20. The zero-order valence-corrected chi connectivity index (χ0v) is 7.58. The highest BCUT2D eigenvalue weighted by molar-refractivity contribution is 7.98. The molecule has 0 aromatic heterocycles. The van der Waals surface area contributed by atoms with Gasteiger partial charge in [-0.3, -0.25) is 0 Å². The summed E-state index contributed by atoms with van der Waals surface area (Å²) in [6.07, 6.45) is 3.92. The number of hydrogen-bond donors (Lipinski definition) is 2. The summed E-state index contributed by atoms with van der Waals surface area (Å²) in [6, 6.07) is 0. The van der Waals surface area contributed by atoms with E-state index in [2.05, 4.69) is 6.26 Å². The normalized spacial score (nSPS) is 16.8. The summed E-state index contributed by atoms with van der Waals surface area (Å²) >= 11 is 1.80. The van der Waals surface area contributed by atoms with Gasteiger partial charge < -0.3 is 10.8 Å². The molecule has 3 N–H and O–H groups in total. The van der Waals surface area contributed by atoms with Crippen LogP contribution in [-0.4, -0.2) is 29.3 Å². The van der Waals surface area contributed by atoms with Gasteiger partial charge in [-0.1, -0.05) is 0 Å². The molecule has 0 fully saturated rings. The molecule has 0 aliphatic carbocycles. The van der Waals surface area contributed by atoms with Gasteiger partial charge in [0.2, 0.25) is 0 Å². The van der Waals surface area contributed by atoms with E-state index in [-0.39, 0.29) is 0 Å². The zero-order valence-electron chi connectivity index (χ0n) is 6.76. The van der Waals surface area contributed by atoms with Crippen LogP contribution < -0.4 is 5.73 Å². The molecule has 0 amide bonds. The van der Waals surface area contributed by atoms with Gasteiger partial charge in [0.1, 0.15) is 0 Å². The van der Waals surface area contributed by atoms with E-state index in [4.69, 9.17) is 5.73 Å². The van der Waals surface area contributed by atoms with Crippen LogP contribution in [0.5, 0.6) is 0 Å². The Bertz CT molecular complexity index is 85.7. The highest BCUT2D eigenvalue weighted by Gasteiger charge is 2.16. The first-order valence-electron chi connectivity index (χ1n) is 3.54. The maximum absolute atomic E-state index is 9.42. The summed E-state index contributed by atoms with van der Waals surface area (Å²) in [5, 5.41) is 9.42. The predicted octanol–water partition coefficient (Wildman–Crippen LogP) is 0.839. The molecule has 0 rings (SSSR count). The highest BCUT2D eigenvalue weighted by atomic mass is 32.2. The topological polar surface area (TPSA) is 46.2 Å². The molecule has 1 unspecified atom stereocenters. The van der Waals surface area contributed by atoms with Crippen molar-refractivity contribution in [1.29, 1.82) is 0 Å². The first kappa shape index (κ1) is 10.3. The minimum atomic E-state index is -0.643. The van der Waals surface area contributed by atoms with Crippen LogP contribution in [-0.2, 0) is 0 Å². The van der Waals surface area contributed by atoms with Crippen molar-refractivity contribution in [1.82, 2.24) is 0 Å². The average molecular weight is 163 g/mol. The molecular formula is C7H17NOS. The quantitative estimate of drug-likeness (QED) is 0.590. The lowest BCUT2D eigenvalue weighted by Crippen LogP contribution is -2.34. The van der Waals surface area contributed by atoms with E-state index < -0.39 is 5.60 Å². The van der Waals surface area contributed by atoms with E-state index in [9.17, 15) is 5.11 Å². The van der Waals surface area contributed by atoms with Crippen LogP contribution in [0.1, 0.15) is 19.8 Å². The van der Waals surface area contributed by atoms with Gasteiger partial charge in [-0.15, -0.1) is 0 Å². The molecule has 0 aliphatic heterocycles. The molecule has 0 aromatic rings. The van der Waals surface area contributed by atoms with E-state index in [0.29, 0.717) is 6.54 Å². The first-order valence-corrected chi connectivity index (χ1v) is 4.93. The van der Waals surface area contributed by atoms with Gasteiger partial charge in [0.05, 0.1) is 5.60 Å². The van der Waals surface area contributed by atoms with Crippen molar-refractivity contribution < 1.29 is 5.11 Å². The largest absolute Gasteiger partial charge is 0.389 e. The molecule has 2 nitrogen and oxygen atoms in total. The minimum Gasteiger partial charge on any atom is -0.389 e. The summed E-state index contributed by atoms with van der Waals surface area (Å²) in [6.45, 7) is 2.15. The first-order chi connectivity index (χ1) is 4.62. The Balaban J connectivity index is 3.28. The Hall–Kier alpha value is 0.270. The fraction of sp³-hybridized carbons (Fsp3) is 1.00. The van der Waals surface area contributed by atoms with Crippen molar-refractivity contribution in [2.24, 2.45) is 5.73 Å². The Kier molecular flexibility index (Phi) is 5.13. The number of hydrogen-bond acceptors (Lipinski definition) is 3. The Morgan fingerprint density at radius 3 is 2.60 bits per heavy atom. The Labute approximate surface area is 67.2 Å². The van der Waals surface area contributed by atoms with E-state index in [0.717, 1.165) is 18.6 Å². The van der Waals surface area contributed by atoms with Crippen LogP contribution in [0.2, 0.25) is 0 Å². The molecule has 3 heteroatoms. The van der Waals surface area contributed by atoms with Gasteiger partial charge in [0.15, 0.2) is 0 Å². The van der Waals surface area contributed by atoms with E-state index >= 15 is 0 Å². The van der Waals surface area contributed by atoms with Gasteiger partial charge in [0.25, 0.3) is 0 Å². The van der Waals surface area contributed by atoms with Gasteiger partial charge in [-0.2, -0.15) is 11.8 Å². The monoisotopic (exact) mass is 163 g/mol. The van der Waals surface area contributed by atoms with Gasteiger partial charge in [0, 0.05) is 6.54 Å². The molecule has 0 saturated heterocycles. The second-order valence-corrected chi connectivity index (χ2v) is 3.78. The van der Waals surface area contributed by atoms with Crippen molar-refractivity contribution in [3.8, 4) is 0 Å². The maximum atomic E-state index is 9.42. The van der Waals surface area contributed by atoms with Gasteiger partial charge in [-0.25, -0.2) is 0 Å². The zero-order chi connectivity index (χ0) is 8.04. The lowest BCUT2D eigenvalue weighted by molar-refractivity contribution is 0.0596. The third-order valence-corrected chi connectivity index (χ3v) is 2.20. The lowest BCUT2D eigenvalue weighted by atomic mass is 10.0. The molecule has 0 heterocycles. The van der Waals surface area contributed by atoms with Crippen molar-refractivity contribution in [2.45, 2.75) is 25.4 Å². The standard InChI is InChI=1S/C7H17NOS/c1-7(9,6-8)4-3-5-10-2/h9H,3-6,8H2,1-2H3. The summed E-state index contributed by atoms with van der Waals surface area (Å²) in [5.74, 6) is 1.11. The molecule has 10 heavy (non-hydrogen) atoms. The van der Waals surface area contributed by atoms with Crippen molar-refractivity contribution in [2.75, 3.05) is 18.6 Å². The third kappa shape index (κ3) is 5.09. The van der Waals surface area contributed by atoms with Crippen LogP contribution in [0.25, 0.3) is 0 Å². The Morgan fingerprint density at radius 1 is 1.60 bits per heavy atom. The second kappa shape index (κ2) is 4.99. The SMILES string of the molecule is CSCCCC(C)(O)CN. The van der Waals surface area contributed by atoms with Crippen LogP contribution in [0.4, 0.5) is 0 Å². The smallest absolute Gasteiger partial charge is 0.0741 e. The minimum absolute atomic E-state index is 0.362. The molecule has 1 atom stereocenters. The molecular weight excluding hydrogens is 146 g/mol. The second-order valence-electron chi connectivity index (χ2n) is 2.80. The van der Waals surface area contributed by atoms with Gasteiger partial charge in [-0.05, 0) is 31.8 Å². The number of rotatable bonds is 5. The average Bonchev–Trinajstić information content (AvgIpc) is 1.89. The predicted molar refractivity (Wildman–Crippen MR) is 47.3 cm³/mol.